The minimum Gasteiger partial charge on any atom is -0.466 e. The van der Waals surface area contributed by atoms with Crippen LogP contribution >= 0.6 is 15.9 Å². The molecule has 114 valence electrons. The third kappa shape index (κ3) is 2.71. The summed E-state index contributed by atoms with van der Waals surface area (Å²) in [5, 5.41) is 0.984. The van der Waals surface area contributed by atoms with E-state index in [-0.39, 0.29) is 6.10 Å². The van der Waals surface area contributed by atoms with Crippen LogP contribution in [0.3, 0.4) is 0 Å². The summed E-state index contributed by atoms with van der Waals surface area (Å²) in [6.07, 6.45) is 2.48. The molecule has 2 atom stereocenters. The Balaban J connectivity index is 2.00. The van der Waals surface area contributed by atoms with Gasteiger partial charge in [-0.25, -0.2) is 4.79 Å². The fourth-order valence-electron chi connectivity index (χ4n) is 2.50. The molecule has 0 bridgehead atoms. The van der Waals surface area contributed by atoms with Crippen LogP contribution < -0.4 is 4.90 Å². The Kier molecular flexibility index (Phi) is 4.13. The van der Waals surface area contributed by atoms with Gasteiger partial charge in [0.2, 0.25) is 6.23 Å². The Bertz CT molecular complexity index is 734. The summed E-state index contributed by atoms with van der Waals surface area (Å²) in [5.74, 6) is -0.420. The van der Waals surface area contributed by atoms with Crippen molar-refractivity contribution in [2.45, 2.75) is 12.3 Å². The first-order chi connectivity index (χ1) is 10.6. The maximum absolute atomic E-state index is 11.9. The van der Waals surface area contributed by atoms with Crippen molar-refractivity contribution in [3.63, 3.8) is 0 Å². The van der Waals surface area contributed by atoms with Crippen molar-refractivity contribution in [2.75, 3.05) is 18.6 Å². The number of carbonyl (C=O) groups is 1. The average Bonchev–Trinajstić information content (AvgIpc) is 2.97. The summed E-state index contributed by atoms with van der Waals surface area (Å²) in [5.41, 5.74) is 1.77. The molecule has 2 unspecified atom stereocenters. The number of esters is 1. The second kappa shape index (κ2) is 6.06. The quantitative estimate of drug-likeness (QED) is 0.620. The highest BCUT2D eigenvalue weighted by molar-refractivity contribution is 9.10. The second-order valence-electron chi connectivity index (χ2n) is 4.97. The Labute approximate surface area is 136 Å². The molecular formula is C16H15BrN2O3. The molecule has 3 rings (SSSR count). The zero-order chi connectivity index (χ0) is 15.7. The number of halogens is 1. The minimum atomic E-state index is -0.759. The van der Waals surface area contributed by atoms with Crippen LogP contribution in [-0.4, -0.2) is 36.9 Å². The molecule has 0 radical (unpaired) electrons. The molecule has 0 amide bonds. The zero-order valence-electron chi connectivity index (χ0n) is 12.0. The summed E-state index contributed by atoms with van der Waals surface area (Å²) in [4.78, 5) is 18.2. The van der Waals surface area contributed by atoms with E-state index in [2.05, 4.69) is 27.5 Å². The topological polar surface area (TPSA) is 51.7 Å². The predicted octanol–water partition coefficient (Wildman–Crippen LogP) is 2.89. The number of methoxy groups -OCH3 is 1. The third-order valence-electron chi connectivity index (χ3n) is 3.59. The van der Waals surface area contributed by atoms with Crippen LogP contribution in [0.4, 0.5) is 5.69 Å². The first-order valence-electron chi connectivity index (χ1n) is 6.80. The highest BCUT2D eigenvalue weighted by Crippen LogP contribution is 2.29. The van der Waals surface area contributed by atoms with E-state index >= 15 is 0 Å². The van der Waals surface area contributed by atoms with Crippen molar-refractivity contribution in [3.05, 3.63) is 47.6 Å². The third-order valence-corrected chi connectivity index (χ3v) is 4.03. The smallest absolute Gasteiger partial charge is 0.356 e. The van der Waals surface area contributed by atoms with Crippen LogP contribution in [0.1, 0.15) is 0 Å². The first kappa shape index (κ1) is 15.0. The number of hydrogen-bond donors (Lipinski definition) is 0. The number of anilines is 1. The van der Waals surface area contributed by atoms with E-state index in [9.17, 15) is 4.79 Å². The molecule has 1 saturated heterocycles. The lowest BCUT2D eigenvalue weighted by Gasteiger charge is -2.23. The van der Waals surface area contributed by atoms with Gasteiger partial charge in [-0.3, -0.25) is 4.98 Å². The van der Waals surface area contributed by atoms with Gasteiger partial charge in [0.25, 0.3) is 0 Å². The molecular weight excluding hydrogens is 348 g/mol. The van der Waals surface area contributed by atoms with Gasteiger partial charge in [-0.15, -0.1) is 6.58 Å². The average molecular weight is 363 g/mol. The highest BCUT2D eigenvalue weighted by atomic mass is 79.9. The van der Waals surface area contributed by atoms with Crippen molar-refractivity contribution < 1.29 is 14.3 Å². The number of hydrogen-bond acceptors (Lipinski definition) is 5. The molecule has 22 heavy (non-hydrogen) atoms. The van der Waals surface area contributed by atoms with Gasteiger partial charge in [-0.2, -0.15) is 0 Å². The summed E-state index contributed by atoms with van der Waals surface area (Å²) in [7, 11) is 1.35. The van der Waals surface area contributed by atoms with Gasteiger partial charge >= 0.3 is 5.97 Å². The SMILES string of the molecule is C=CC1CN(c2ccc3ncc(Br)cc3c2)C(C(=O)OC)O1. The summed E-state index contributed by atoms with van der Waals surface area (Å²) < 4.78 is 11.4. The van der Waals surface area contributed by atoms with Crippen molar-refractivity contribution in [2.24, 2.45) is 0 Å². The summed E-state index contributed by atoms with van der Waals surface area (Å²) in [6, 6.07) is 7.82. The van der Waals surface area contributed by atoms with Gasteiger partial charge in [-0.05, 0) is 40.2 Å². The van der Waals surface area contributed by atoms with Gasteiger partial charge in [-0.1, -0.05) is 6.08 Å². The molecule has 2 aromatic rings. The molecule has 0 saturated carbocycles. The first-order valence-corrected chi connectivity index (χ1v) is 7.59. The summed E-state index contributed by atoms with van der Waals surface area (Å²) in [6.45, 7) is 4.28. The van der Waals surface area contributed by atoms with Gasteiger partial charge in [0.05, 0.1) is 25.3 Å². The standard InChI is InChI=1S/C16H15BrN2O3/c1-3-13-9-19(15(22-13)16(20)21-2)12-4-5-14-10(7-12)6-11(17)8-18-14/h3-8,13,15H,1,9H2,2H3. The van der Waals surface area contributed by atoms with Gasteiger partial charge in [0, 0.05) is 21.7 Å². The maximum Gasteiger partial charge on any atom is 0.356 e. The molecule has 2 heterocycles. The normalized spacial score (nSPS) is 21.1. The molecule has 5 nitrogen and oxygen atoms in total. The molecule has 1 aliphatic heterocycles. The number of ether oxygens (including phenoxy) is 2. The van der Waals surface area contributed by atoms with Crippen molar-refractivity contribution in [1.82, 2.24) is 4.98 Å². The summed E-state index contributed by atoms with van der Waals surface area (Å²) >= 11 is 3.42. The fraction of sp³-hybridized carbons (Fsp3) is 0.250. The lowest BCUT2D eigenvalue weighted by molar-refractivity contribution is -0.152. The number of carbonyl (C=O) groups excluding carboxylic acids is 1. The monoisotopic (exact) mass is 362 g/mol. The van der Waals surface area contributed by atoms with E-state index < -0.39 is 12.2 Å². The molecule has 6 heteroatoms. The van der Waals surface area contributed by atoms with E-state index in [1.165, 1.54) is 7.11 Å². The lowest BCUT2D eigenvalue weighted by atomic mass is 10.2. The van der Waals surface area contributed by atoms with Crippen LogP contribution in [0.25, 0.3) is 10.9 Å². The number of rotatable bonds is 3. The van der Waals surface area contributed by atoms with Crippen LogP contribution in [0.2, 0.25) is 0 Å². The molecule has 1 aliphatic rings. The van der Waals surface area contributed by atoms with Crippen molar-refractivity contribution in [3.8, 4) is 0 Å². The number of pyridine rings is 1. The van der Waals surface area contributed by atoms with E-state index in [1.807, 2.05) is 29.2 Å². The highest BCUT2D eigenvalue weighted by Gasteiger charge is 2.37. The molecule has 1 fully saturated rings. The molecule has 1 aromatic carbocycles. The molecule has 0 N–H and O–H groups in total. The van der Waals surface area contributed by atoms with Crippen molar-refractivity contribution >= 4 is 38.5 Å². The van der Waals surface area contributed by atoms with Crippen molar-refractivity contribution in [1.29, 1.82) is 0 Å². The van der Waals surface area contributed by atoms with Gasteiger partial charge in [0.1, 0.15) is 0 Å². The fourth-order valence-corrected chi connectivity index (χ4v) is 2.85. The van der Waals surface area contributed by atoms with Gasteiger partial charge in [0.15, 0.2) is 0 Å². The minimum absolute atomic E-state index is 0.208. The second-order valence-corrected chi connectivity index (χ2v) is 5.88. The number of benzene rings is 1. The van der Waals surface area contributed by atoms with Crippen LogP contribution in [-0.2, 0) is 14.3 Å². The zero-order valence-corrected chi connectivity index (χ0v) is 13.6. The Morgan fingerprint density at radius 1 is 1.55 bits per heavy atom. The molecule has 1 aromatic heterocycles. The Hall–Kier alpha value is -1.92. The number of nitrogens with zero attached hydrogens (tertiary/aromatic N) is 2. The van der Waals surface area contributed by atoms with E-state index in [0.717, 1.165) is 21.1 Å². The maximum atomic E-state index is 11.9. The van der Waals surface area contributed by atoms with Crippen LogP contribution in [0.15, 0.2) is 47.6 Å². The Morgan fingerprint density at radius 2 is 2.36 bits per heavy atom. The predicted molar refractivity (Wildman–Crippen MR) is 87.7 cm³/mol. The van der Waals surface area contributed by atoms with E-state index in [1.54, 1.807) is 12.3 Å². The van der Waals surface area contributed by atoms with Gasteiger partial charge < -0.3 is 14.4 Å². The Morgan fingerprint density at radius 3 is 3.09 bits per heavy atom. The lowest BCUT2D eigenvalue weighted by Crippen LogP contribution is -2.37. The van der Waals surface area contributed by atoms with E-state index in [4.69, 9.17) is 9.47 Å². The number of aromatic nitrogens is 1. The number of fused-ring (bicyclic) bond motifs is 1. The largest absolute Gasteiger partial charge is 0.466 e. The van der Waals surface area contributed by atoms with Crippen LogP contribution in [0, 0.1) is 0 Å². The van der Waals surface area contributed by atoms with E-state index in [0.29, 0.717) is 6.54 Å². The molecule has 0 aliphatic carbocycles. The van der Waals surface area contributed by atoms with Crippen LogP contribution in [0.5, 0.6) is 0 Å². The molecule has 0 spiro atoms.